The van der Waals surface area contributed by atoms with Crippen LogP contribution < -0.4 is 4.72 Å². The average Bonchev–Trinajstić information content (AvgIpc) is 2.39. The van der Waals surface area contributed by atoms with E-state index in [1.54, 1.807) is 19.2 Å². The van der Waals surface area contributed by atoms with Gasteiger partial charge in [0.1, 0.15) is 0 Å². The van der Waals surface area contributed by atoms with Crippen molar-refractivity contribution in [1.82, 2.24) is 4.72 Å². The first-order valence-corrected chi connectivity index (χ1v) is 8.17. The van der Waals surface area contributed by atoms with E-state index >= 15 is 0 Å². The first-order valence-electron chi connectivity index (χ1n) is 5.89. The molecule has 2 N–H and O–H groups in total. The molecule has 0 radical (unpaired) electrons. The monoisotopic (exact) mass is 351 g/mol. The topological polar surface area (TPSA) is 75.6 Å². The normalized spacial score (nSPS) is 11.7. The fourth-order valence-electron chi connectivity index (χ4n) is 1.51. The summed E-state index contributed by atoms with van der Waals surface area (Å²) in [7, 11) is -1.95. The lowest BCUT2D eigenvalue weighted by Crippen LogP contribution is -2.25. The zero-order chi connectivity index (χ0) is 14.3. The van der Waals surface area contributed by atoms with Crippen LogP contribution in [0.25, 0.3) is 0 Å². The van der Waals surface area contributed by atoms with Gasteiger partial charge in [-0.15, -0.1) is 0 Å². The van der Waals surface area contributed by atoms with Gasteiger partial charge in [-0.3, -0.25) is 0 Å². The molecule has 7 heteroatoms. The summed E-state index contributed by atoms with van der Waals surface area (Å²) in [5, 5.41) is 9.05. The molecule has 1 aromatic rings. The zero-order valence-electron chi connectivity index (χ0n) is 10.7. The number of aliphatic hydroxyl groups is 1. The van der Waals surface area contributed by atoms with E-state index in [1.165, 1.54) is 6.07 Å². The third-order valence-corrected chi connectivity index (χ3v) is 4.99. The molecule has 1 aromatic carbocycles. The van der Waals surface area contributed by atoms with Crippen molar-refractivity contribution in [2.24, 2.45) is 0 Å². The summed E-state index contributed by atoms with van der Waals surface area (Å²) < 4.78 is 32.1. The van der Waals surface area contributed by atoms with Crippen molar-refractivity contribution in [3.05, 3.63) is 28.2 Å². The minimum atomic E-state index is -3.56. The number of benzene rings is 1. The van der Waals surface area contributed by atoms with Crippen LogP contribution in [-0.2, 0) is 21.4 Å². The first kappa shape index (κ1) is 16.6. The average molecular weight is 352 g/mol. The van der Waals surface area contributed by atoms with Crippen LogP contribution in [0.5, 0.6) is 0 Å². The number of aliphatic hydroxyl groups excluding tert-OH is 1. The second-order valence-electron chi connectivity index (χ2n) is 4.02. The van der Waals surface area contributed by atoms with Crippen LogP contribution >= 0.6 is 15.9 Å². The van der Waals surface area contributed by atoms with Crippen molar-refractivity contribution in [3.63, 3.8) is 0 Å². The van der Waals surface area contributed by atoms with Crippen LogP contribution in [0.2, 0.25) is 0 Å². The lowest BCUT2D eigenvalue weighted by molar-refractivity contribution is 0.193. The number of unbranched alkanes of at least 4 members (excludes halogenated alkanes) is 1. The van der Waals surface area contributed by atoms with E-state index in [-0.39, 0.29) is 11.5 Å². The molecule has 0 aliphatic carbocycles. The highest BCUT2D eigenvalue weighted by Gasteiger charge is 2.17. The fourth-order valence-corrected chi connectivity index (χ4v) is 3.59. The second kappa shape index (κ2) is 7.96. The van der Waals surface area contributed by atoms with Gasteiger partial charge < -0.3 is 9.84 Å². The number of sulfonamides is 1. The summed E-state index contributed by atoms with van der Waals surface area (Å²) in [6, 6.07) is 4.74. The standard InChI is InChI=1S/C12H18BrNO4S/c1-18-7-3-2-6-14-19(16,17)12-8-10(9-15)4-5-11(12)13/h4-5,8,14-15H,2-3,6-7,9H2,1H3. The van der Waals surface area contributed by atoms with Crippen LogP contribution in [0.1, 0.15) is 18.4 Å². The number of hydrogen-bond acceptors (Lipinski definition) is 4. The number of methoxy groups -OCH3 is 1. The van der Waals surface area contributed by atoms with E-state index in [4.69, 9.17) is 9.84 Å². The molecular formula is C12H18BrNO4S. The Hall–Kier alpha value is -0.470. The van der Waals surface area contributed by atoms with Crippen LogP contribution in [0, 0.1) is 0 Å². The van der Waals surface area contributed by atoms with Gasteiger partial charge in [-0.1, -0.05) is 6.07 Å². The molecule has 0 aliphatic rings. The van der Waals surface area contributed by atoms with Crippen molar-refractivity contribution in [1.29, 1.82) is 0 Å². The maximum atomic E-state index is 12.1. The van der Waals surface area contributed by atoms with Gasteiger partial charge in [0.15, 0.2) is 0 Å². The van der Waals surface area contributed by atoms with Gasteiger partial charge in [-0.05, 0) is 46.5 Å². The van der Waals surface area contributed by atoms with Gasteiger partial charge >= 0.3 is 0 Å². The molecule has 108 valence electrons. The Kier molecular flexibility index (Phi) is 6.95. The first-order chi connectivity index (χ1) is 9.01. The molecular weight excluding hydrogens is 334 g/mol. The number of rotatable bonds is 8. The Balaban J connectivity index is 2.71. The highest BCUT2D eigenvalue weighted by Crippen LogP contribution is 2.23. The summed E-state index contributed by atoms with van der Waals surface area (Å²) in [4.78, 5) is 0.144. The van der Waals surface area contributed by atoms with E-state index in [1.807, 2.05) is 0 Å². The van der Waals surface area contributed by atoms with Crippen LogP contribution in [0.15, 0.2) is 27.6 Å². The molecule has 0 fully saturated rings. The van der Waals surface area contributed by atoms with E-state index in [9.17, 15) is 8.42 Å². The van der Waals surface area contributed by atoms with E-state index in [0.717, 1.165) is 6.42 Å². The van der Waals surface area contributed by atoms with Crippen LogP contribution in [0.4, 0.5) is 0 Å². The smallest absolute Gasteiger partial charge is 0.241 e. The number of halogens is 1. The van der Waals surface area contributed by atoms with E-state index in [0.29, 0.717) is 29.6 Å². The second-order valence-corrected chi connectivity index (χ2v) is 6.61. The van der Waals surface area contributed by atoms with Crippen molar-refractivity contribution < 1.29 is 18.3 Å². The van der Waals surface area contributed by atoms with Crippen molar-refractivity contribution >= 4 is 26.0 Å². The van der Waals surface area contributed by atoms with Crippen molar-refractivity contribution in [3.8, 4) is 0 Å². The molecule has 0 aliphatic heterocycles. The predicted octanol–water partition coefficient (Wildman–Crippen LogP) is 1.65. The molecule has 0 amide bonds. The molecule has 0 aromatic heterocycles. The third-order valence-electron chi connectivity index (χ3n) is 2.54. The maximum absolute atomic E-state index is 12.1. The largest absolute Gasteiger partial charge is 0.392 e. The van der Waals surface area contributed by atoms with Gasteiger partial charge in [0, 0.05) is 24.7 Å². The summed E-state index contributed by atoms with van der Waals surface area (Å²) in [6.45, 7) is 0.788. The van der Waals surface area contributed by atoms with Gasteiger partial charge in [0.25, 0.3) is 0 Å². The molecule has 0 spiro atoms. The molecule has 0 unspecified atom stereocenters. The predicted molar refractivity (Wildman–Crippen MR) is 76.4 cm³/mol. The summed E-state index contributed by atoms with van der Waals surface area (Å²) in [5.74, 6) is 0. The molecule has 0 atom stereocenters. The minimum absolute atomic E-state index is 0.144. The Morgan fingerprint density at radius 2 is 2.11 bits per heavy atom. The molecule has 0 saturated carbocycles. The summed E-state index contributed by atoms with van der Waals surface area (Å²) in [6.07, 6.45) is 1.52. The fraction of sp³-hybridized carbons (Fsp3) is 0.500. The lowest BCUT2D eigenvalue weighted by Gasteiger charge is -2.09. The molecule has 0 heterocycles. The molecule has 0 bridgehead atoms. The quantitative estimate of drug-likeness (QED) is 0.698. The third kappa shape index (κ3) is 5.19. The molecule has 1 rings (SSSR count). The van der Waals surface area contributed by atoms with Crippen molar-refractivity contribution in [2.45, 2.75) is 24.3 Å². The van der Waals surface area contributed by atoms with Gasteiger partial charge in [-0.2, -0.15) is 0 Å². The highest BCUT2D eigenvalue weighted by atomic mass is 79.9. The molecule has 5 nitrogen and oxygen atoms in total. The summed E-state index contributed by atoms with van der Waals surface area (Å²) >= 11 is 3.21. The van der Waals surface area contributed by atoms with Gasteiger partial charge in [-0.25, -0.2) is 13.1 Å². The number of hydrogen-bond donors (Lipinski definition) is 2. The highest BCUT2D eigenvalue weighted by molar-refractivity contribution is 9.10. The van der Waals surface area contributed by atoms with Gasteiger partial charge in [0.2, 0.25) is 10.0 Å². The number of ether oxygens (including phenoxy) is 1. The van der Waals surface area contributed by atoms with E-state index < -0.39 is 10.0 Å². The number of nitrogens with one attached hydrogen (secondary N) is 1. The van der Waals surface area contributed by atoms with Crippen molar-refractivity contribution in [2.75, 3.05) is 20.3 Å². The Morgan fingerprint density at radius 3 is 2.74 bits per heavy atom. The molecule has 0 saturated heterocycles. The summed E-state index contributed by atoms with van der Waals surface area (Å²) in [5.41, 5.74) is 0.558. The zero-order valence-corrected chi connectivity index (χ0v) is 13.1. The van der Waals surface area contributed by atoms with Crippen LogP contribution in [-0.4, -0.2) is 33.8 Å². The molecule has 19 heavy (non-hydrogen) atoms. The maximum Gasteiger partial charge on any atom is 0.241 e. The SMILES string of the molecule is COCCCCNS(=O)(=O)c1cc(CO)ccc1Br. The Labute approximate surface area is 122 Å². The lowest BCUT2D eigenvalue weighted by atomic mass is 10.2. The van der Waals surface area contributed by atoms with Gasteiger partial charge in [0.05, 0.1) is 11.5 Å². The Bertz CT molecular complexity index is 504. The van der Waals surface area contributed by atoms with E-state index in [2.05, 4.69) is 20.7 Å². The Morgan fingerprint density at radius 1 is 1.37 bits per heavy atom. The minimum Gasteiger partial charge on any atom is -0.392 e. The van der Waals surface area contributed by atoms with Crippen LogP contribution in [0.3, 0.4) is 0 Å².